The standard InChI is InChI=1S/C36H53N3O6/c1-8-10-11-12-16-23-39(34(42)30(25-28-17-14-13-15-18-28)38-35(43)45-36(5,6)7)32(29-20-19-26(3)24-27(29)4)33(41)37-22-21-31(40)44-9-2/h13-15,17-20,24,30,32H,8-12,16,21-23,25H2,1-7H3,(H,37,41)(H,38,43). The maximum Gasteiger partial charge on any atom is 0.408 e. The van der Waals surface area contributed by atoms with Crippen molar-refractivity contribution in [2.24, 2.45) is 0 Å². The number of nitrogens with one attached hydrogen (secondary N) is 2. The number of nitrogens with zero attached hydrogens (tertiary/aromatic N) is 1. The van der Waals surface area contributed by atoms with Gasteiger partial charge in [0.1, 0.15) is 17.7 Å². The van der Waals surface area contributed by atoms with E-state index >= 15 is 0 Å². The molecule has 0 heterocycles. The predicted molar refractivity (Wildman–Crippen MR) is 177 cm³/mol. The van der Waals surface area contributed by atoms with Gasteiger partial charge in [-0.3, -0.25) is 14.4 Å². The van der Waals surface area contributed by atoms with Crippen LogP contribution in [0, 0.1) is 13.8 Å². The van der Waals surface area contributed by atoms with E-state index in [9.17, 15) is 19.2 Å². The molecular formula is C36H53N3O6. The van der Waals surface area contributed by atoms with Gasteiger partial charge in [0.2, 0.25) is 11.8 Å². The molecule has 0 saturated heterocycles. The molecule has 0 spiro atoms. The van der Waals surface area contributed by atoms with Crippen LogP contribution >= 0.6 is 0 Å². The first-order chi connectivity index (χ1) is 21.4. The van der Waals surface area contributed by atoms with Crippen LogP contribution in [-0.4, -0.2) is 60.1 Å². The maximum atomic E-state index is 14.6. The van der Waals surface area contributed by atoms with Gasteiger partial charge in [0.05, 0.1) is 13.0 Å². The number of amides is 3. The SMILES string of the molecule is CCCCCCCN(C(=O)C(Cc1ccccc1)NC(=O)OC(C)(C)C)C(C(=O)NCCC(=O)OCC)c1ccc(C)cc1C. The van der Waals surface area contributed by atoms with Crippen LogP contribution in [0.25, 0.3) is 0 Å². The van der Waals surface area contributed by atoms with Crippen molar-refractivity contribution in [2.45, 2.75) is 111 Å². The molecule has 0 bridgehead atoms. The number of aryl methyl sites for hydroxylation is 2. The molecule has 0 aliphatic carbocycles. The van der Waals surface area contributed by atoms with E-state index in [0.717, 1.165) is 42.4 Å². The largest absolute Gasteiger partial charge is 0.466 e. The van der Waals surface area contributed by atoms with E-state index in [1.807, 2.05) is 62.4 Å². The summed E-state index contributed by atoms with van der Waals surface area (Å²) in [4.78, 5) is 55.3. The summed E-state index contributed by atoms with van der Waals surface area (Å²) in [6.07, 6.45) is 4.29. The Balaban J connectivity index is 2.55. The number of ether oxygens (including phenoxy) is 2. The molecule has 0 fully saturated rings. The Morgan fingerprint density at radius 1 is 0.911 bits per heavy atom. The lowest BCUT2D eigenvalue weighted by atomic mass is 9.95. The van der Waals surface area contributed by atoms with E-state index in [2.05, 4.69) is 17.6 Å². The molecule has 2 atom stereocenters. The summed E-state index contributed by atoms with van der Waals surface area (Å²) in [5.41, 5.74) is 2.68. The number of benzene rings is 2. The van der Waals surface area contributed by atoms with Crippen LogP contribution in [0.15, 0.2) is 48.5 Å². The Bertz CT molecular complexity index is 1240. The molecule has 9 nitrogen and oxygen atoms in total. The number of hydrogen-bond donors (Lipinski definition) is 2. The smallest absolute Gasteiger partial charge is 0.408 e. The minimum atomic E-state index is -0.988. The zero-order valence-corrected chi connectivity index (χ0v) is 28.2. The highest BCUT2D eigenvalue weighted by molar-refractivity contribution is 5.92. The van der Waals surface area contributed by atoms with Crippen LogP contribution in [-0.2, 0) is 30.3 Å². The third-order valence-corrected chi connectivity index (χ3v) is 7.27. The first-order valence-corrected chi connectivity index (χ1v) is 16.2. The number of hydrogen-bond acceptors (Lipinski definition) is 6. The van der Waals surface area contributed by atoms with Crippen molar-refractivity contribution in [3.8, 4) is 0 Å². The highest BCUT2D eigenvalue weighted by Gasteiger charge is 2.37. The van der Waals surface area contributed by atoms with Gasteiger partial charge in [-0.05, 0) is 64.7 Å². The van der Waals surface area contributed by atoms with Crippen LogP contribution in [0.3, 0.4) is 0 Å². The fourth-order valence-electron chi connectivity index (χ4n) is 5.15. The molecule has 45 heavy (non-hydrogen) atoms. The summed E-state index contributed by atoms with van der Waals surface area (Å²) < 4.78 is 10.6. The van der Waals surface area contributed by atoms with Gasteiger partial charge >= 0.3 is 12.1 Å². The number of alkyl carbamates (subject to hydrolysis) is 1. The summed E-state index contributed by atoms with van der Waals surface area (Å²) >= 11 is 0. The zero-order valence-electron chi connectivity index (χ0n) is 28.2. The number of carbonyl (C=O) groups is 4. The molecule has 2 unspecified atom stereocenters. The maximum absolute atomic E-state index is 14.6. The average Bonchev–Trinajstić information content (AvgIpc) is 2.96. The first kappa shape index (κ1) is 37.3. The topological polar surface area (TPSA) is 114 Å². The van der Waals surface area contributed by atoms with Crippen molar-refractivity contribution < 1.29 is 28.7 Å². The van der Waals surface area contributed by atoms with Crippen LogP contribution in [0.1, 0.15) is 101 Å². The number of rotatable bonds is 17. The summed E-state index contributed by atoms with van der Waals surface area (Å²) in [5, 5.41) is 5.68. The van der Waals surface area contributed by atoms with E-state index in [1.54, 1.807) is 32.6 Å². The Hall–Kier alpha value is -3.88. The third kappa shape index (κ3) is 13.3. The molecule has 0 aliphatic heterocycles. The molecule has 0 aliphatic rings. The number of unbranched alkanes of at least 4 members (excludes halogenated alkanes) is 4. The summed E-state index contributed by atoms with van der Waals surface area (Å²) in [5.74, 6) is -1.19. The summed E-state index contributed by atoms with van der Waals surface area (Å²) in [6, 6.07) is 13.3. The highest BCUT2D eigenvalue weighted by Crippen LogP contribution is 2.28. The van der Waals surface area contributed by atoms with Crippen molar-refractivity contribution in [2.75, 3.05) is 19.7 Å². The fourth-order valence-corrected chi connectivity index (χ4v) is 5.15. The lowest BCUT2D eigenvalue weighted by Crippen LogP contribution is -2.54. The summed E-state index contributed by atoms with van der Waals surface area (Å²) in [6.45, 7) is 13.7. The lowest BCUT2D eigenvalue weighted by Gasteiger charge is -2.35. The molecule has 3 amide bonds. The van der Waals surface area contributed by atoms with Crippen molar-refractivity contribution in [1.82, 2.24) is 15.5 Å². The van der Waals surface area contributed by atoms with Crippen LogP contribution in [0.2, 0.25) is 0 Å². The van der Waals surface area contributed by atoms with Crippen molar-refractivity contribution in [3.63, 3.8) is 0 Å². The minimum absolute atomic E-state index is 0.0149. The van der Waals surface area contributed by atoms with E-state index in [0.29, 0.717) is 18.5 Å². The van der Waals surface area contributed by atoms with Crippen LogP contribution < -0.4 is 10.6 Å². The predicted octanol–water partition coefficient (Wildman–Crippen LogP) is 6.35. The van der Waals surface area contributed by atoms with E-state index in [4.69, 9.17) is 9.47 Å². The third-order valence-electron chi connectivity index (χ3n) is 7.27. The summed E-state index contributed by atoms with van der Waals surface area (Å²) in [7, 11) is 0. The monoisotopic (exact) mass is 623 g/mol. The molecule has 2 N–H and O–H groups in total. The zero-order chi connectivity index (χ0) is 33.4. The second-order valence-corrected chi connectivity index (χ2v) is 12.4. The molecule has 0 radical (unpaired) electrons. The second-order valence-electron chi connectivity index (χ2n) is 12.4. The first-order valence-electron chi connectivity index (χ1n) is 16.2. The highest BCUT2D eigenvalue weighted by atomic mass is 16.6. The van der Waals surface area contributed by atoms with Crippen molar-refractivity contribution in [1.29, 1.82) is 0 Å². The molecule has 248 valence electrons. The van der Waals surface area contributed by atoms with Crippen molar-refractivity contribution >= 4 is 23.9 Å². The average molecular weight is 624 g/mol. The van der Waals surface area contributed by atoms with Gasteiger partial charge in [0.15, 0.2) is 0 Å². The van der Waals surface area contributed by atoms with E-state index < -0.39 is 35.7 Å². The minimum Gasteiger partial charge on any atom is -0.466 e. The molecule has 9 heteroatoms. The molecule has 0 saturated carbocycles. The molecular weight excluding hydrogens is 570 g/mol. The van der Waals surface area contributed by atoms with Crippen LogP contribution in [0.5, 0.6) is 0 Å². The van der Waals surface area contributed by atoms with Gasteiger partial charge in [0.25, 0.3) is 0 Å². The van der Waals surface area contributed by atoms with Gasteiger partial charge < -0.3 is 25.0 Å². The number of esters is 1. The van der Waals surface area contributed by atoms with Gasteiger partial charge in [-0.25, -0.2) is 4.79 Å². The molecule has 2 rings (SSSR count). The van der Waals surface area contributed by atoms with E-state index in [1.165, 1.54) is 0 Å². The second kappa shape index (κ2) is 18.8. The van der Waals surface area contributed by atoms with Crippen molar-refractivity contribution in [3.05, 3.63) is 70.8 Å². The van der Waals surface area contributed by atoms with Crippen LogP contribution in [0.4, 0.5) is 4.79 Å². The quantitative estimate of drug-likeness (QED) is 0.157. The molecule has 2 aromatic rings. The molecule has 0 aromatic heterocycles. The Kier molecular flexibility index (Phi) is 15.6. The lowest BCUT2D eigenvalue weighted by molar-refractivity contribution is -0.144. The van der Waals surface area contributed by atoms with Gasteiger partial charge in [-0.2, -0.15) is 0 Å². The normalized spacial score (nSPS) is 12.5. The Labute approximate surface area is 269 Å². The van der Waals surface area contributed by atoms with E-state index in [-0.39, 0.29) is 31.9 Å². The fraction of sp³-hybridized carbons (Fsp3) is 0.556. The van der Waals surface area contributed by atoms with Gasteiger partial charge in [0, 0.05) is 19.5 Å². The van der Waals surface area contributed by atoms with Gasteiger partial charge in [-0.15, -0.1) is 0 Å². The van der Waals surface area contributed by atoms with Gasteiger partial charge in [-0.1, -0.05) is 86.7 Å². The Morgan fingerprint density at radius 2 is 1.60 bits per heavy atom. The molecule has 2 aromatic carbocycles. The Morgan fingerprint density at radius 3 is 2.22 bits per heavy atom. The number of carbonyl (C=O) groups excluding carboxylic acids is 4.